The van der Waals surface area contributed by atoms with E-state index in [4.69, 9.17) is 4.74 Å². The van der Waals surface area contributed by atoms with E-state index in [1.165, 1.54) is 18.4 Å². The summed E-state index contributed by atoms with van der Waals surface area (Å²) >= 11 is 4.55. The number of ether oxygens (including phenoxy) is 1. The Morgan fingerprint density at radius 3 is 2.56 bits per heavy atom. The largest absolute Gasteiger partial charge is 0.497 e. The van der Waals surface area contributed by atoms with Crippen LogP contribution in [0.2, 0.25) is 0 Å². The molecule has 1 fully saturated rings. The van der Waals surface area contributed by atoms with Gasteiger partial charge in [0.15, 0.2) is 0 Å². The van der Waals surface area contributed by atoms with Crippen molar-refractivity contribution in [2.45, 2.75) is 12.5 Å². The van der Waals surface area contributed by atoms with Crippen molar-refractivity contribution >= 4 is 50.7 Å². The van der Waals surface area contributed by atoms with E-state index in [1.807, 2.05) is 0 Å². The fourth-order valence-electron chi connectivity index (χ4n) is 2.40. The molecule has 9 heteroatoms. The van der Waals surface area contributed by atoms with Crippen molar-refractivity contribution in [1.29, 1.82) is 0 Å². The Labute approximate surface area is 156 Å². The maximum absolute atomic E-state index is 12.5. The molecule has 0 radical (unpaired) electrons. The first kappa shape index (κ1) is 17.6. The van der Waals surface area contributed by atoms with Crippen LogP contribution in [0.5, 0.6) is 5.75 Å². The van der Waals surface area contributed by atoms with Crippen LogP contribution in [0.3, 0.4) is 0 Å². The molecule has 0 bridgehead atoms. The molecule has 0 aliphatic carbocycles. The van der Waals surface area contributed by atoms with Crippen LogP contribution in [-0.2, 0) is 9.59 Å². The van der Waals surface area contributed by atoms with Gasteiger partial charge in [-0.05, 0) is 52.3 Å². The molecule has 1 aromatic carbocycles. The molecule has 3 rings (SSSR count). The van der Waals surface area contributed by atoms with Gasteiger partial charge < -0.3 is 4.74 Å². The van der Waals surface area contributed by atoms with Crippen LogP contribution in [-0.4, -0.2) is 30.9 Å². The molecule has 1 aromatic heterocycles. The van der Waals surface area contributed by atoms with E-state index in [9.17, 15) is 14.4 Å². The van der Waals surface area contributed by atoms with Gasteiger partial charge in [0.25, 0.3) is 11.8 Å². The summed E-state index contributed by atoms with van der Waals surface area (Å²) in [7, 11) is 1.54. The number of nitrogens with one attached hydrogen (secondary N) is 2. The molecule has 3 amide bonds. The summed E-state index contributed by atoms with van der Waals surface area (Å²) in [6.07, 6.45) is -0.0285. The van der Waals surface area contributed by atoms with Crippen LogP contribution < -0.4 is 20.5 Å². The van der Waals surface area contributed by atoms with E-state index in [0.717, 1.165) is 8.69 Å². The Morgan fingerprint density at radius 2 is 1.96 bits per heavy atom. The zero-order chi connectivity index (χ0) is 18.0. The SMILES string of the molecule is COc1ccc(N2C(=O)C[C@@H](NNC(=O)c3ccc(Br)s3)C2=O)cc1. The third-order valence-electron chi connectivity index (χ3n) is 3.63. The predicted octanol–water partition coefficient (Wildman–Crippen LogP) is 2.09. The maximum Gasteiger partial charge on any atom is 0.275 e. The van der Waals surface area contributed by atoms with Gasteiger partial charge in [0.1, 0.15) is 11.8 Å². The van der Waals surface area contributed by atoms with Gasteiger partial charge in [-0.15, -0.1) is 11.3 Å². The number of carbonyl (C=O) groups excluding carboxylic acids is 3. The molecule has 2 heterocycles. The standard InChI is InChI=1S/C16H14BrN3O4S/c1-24-10-4-2-9(3-5-10)20-14(21)8-11(16(20)23)18-19-15(22)12-6-7-13(17)25-12/h2-7,11,18H,8H2,1H3,(H,19,22)/t11-/m1/s1. The Balaban J connectivity index is 1.65. The van der Waals surface area contributed by atoms with Crippen molar-refractivity contribution in [3.8, 4) is 5.75 Å². The number of hydrogen-bond donors (Lipinski definition) is 2. The number of benzene rings is 1. The molecule has 130 valence electrons. The van der Waals surface area contributed by atoms with Crippen LogP contribution >= 0.6 is 27.3 Å². The van der Waals surface area contributed by atoms with Crippen LogP contribution in [0.25, 0.3) is 0 Å². The van der Waals surface area contributed by atoms with Gasteiger partial charge in [0.05, 0.1) is 27.9 Å². The average Bonchev–Trinajstić information content (AvgIpc) is 3.16. The zero-order valence-corrected chi connectivity index (χ0v) is 15.5. The van der Waals surface area contributed by atoms with Crippen molar-refractivity contribution in [2.75, 3.05) is 12.0 Å². The molecule has 0 unspecified atom stereocenters. The second kappa shape index (κ2) is 7.34. The number of imide groups is 1. The first-order chi connectivity index (χ1) is 12.0. The normalized spacial score (nSPS) is 17.0. The lowest BCUT2D eigenvalue weighted by Gasteiger charge is -2.16. The highest BCUT2D eigenvalue weighted by atomic mass is 79.9. The summed E-state index contributed by atoms with van der Waals surface area (Å²) in [5.74, 6) is -0.477. The van der Waals surface area contributed by atoms with Crippen molar-refractivity contribution < 1.29 is 19.1 Å². The maximum atomic E-state index is 12.5. The van der Waals surface area contributed by atoms with Gasteiger partial charge in [-0.2, -0.15) is 0 Å². The molecule has 0 saturated carbocycles. The molecule has 0 spiro atoms. The Kier molecular flexibility index (Phi) is 5.16. The minimum absolute atomic E-state index is 0.0285. The van der Waals surface area contributed by atoms with Crippen LogP contribution in [0, 0.1) is 0 Å². The molecule has 25 heavy (non-hydrogen) atoms. The summed E-state index contributed by atoms with van der Waals surface area (Å²) in [5.41, 5.74) is 5.59. The number of amides is 3. The number of halogens is 1. The topological polar surface area (TPSA) is 87.7 Å². The average molecular weight is 424 g/mol. The first-order valence-corrected chi connectivity index (χ1v) is 8.92. The number of rotatable bonds is 5. The molecule has 1 atom stereocenters. The Bertz CT molecular complexity index is 821. The van der Waals surface area contributed by atoms with Crippen molar-refractivity contribution in [3.05, 3.63) is 45.1 Å². The highest BCUT2D eigenvalue weighted by molar-refractivity contribution is 9.11. The summed E-state index contributed by atoms with van der Waals surface area (Å²) in [4.78, 5) is 38.3. The smallest absolute Gasteiger partial charge is 0.275 e. The van der Waals surface area contributed by atoms with Crippen LogP contribution in [0.1, 0.15) is 16.1 Å². The zero-order valence-electron chi connectivity index (χ0n) is 13.1. The van der Waals surface area contributed by atoms with E-state index in [0.29, 0.717) is 16.3 Å². The summed E-state index contributed by atoms with van der Waals surface area (Å²) in [6.45, 7) is 0. The third-order valence-corrected chi connectivity index (χ3v) is 5.26. The Morgan fingerprint density at radius 1 is 1.24 bits per heavy atom. The molecule has 2 aromatic rings. The lowest BCUT2D eigenvalue weighted by atomic mass is 10.2. The fraction of sp³-hybridized carbons (Fsp3) is 0.188. The number of hydrazine groups is 1. The molecule has 7 nitrogen and oxygen atoms in total. The second-order valence-corrected chi connectivity index (χ2v) is 7.69. The van der Waals surface area contributed by atoms with Gasteiger partial charge in [0, 0.05) is 0 Å². The van der Waals surface area contributed by atoms with Crippen LogP contribution in [0.4, 0.5) is 5.69 Å². The second-order valence-electron chi connectivity index (χ2n) is 5.22. The predicted molar refractivity (Wildman–Crippen MR) is 96.5 cm³/mol. The number of thiophene rings is 1. The van der Waals surface area contributed by atoms with Crippen molar-refractivity contribution in [3.63, 3.8) is 0 Å². The van der Waals surface area contributed by atoms with E-state index in [1.54, 1.807) is 36.4 Å². The monoisotopic (exact) mass is 423 g/mol. The molecular formula is C16H14BrN3O4S. The number of methoxy groups -OCH3 is 1. The molecule has 1 aliphatic rings. The highest BCUT2D eigenvalue weighted by Gasteiger charge is 2.39. The van der Waals surface area contributed by atoms with E-state index >= 15 is 0 Å². The minimum Gasteiger partial charge on any atom is -0.497 e. The van der Waals surface area contributed by atoms with E-state index < -0.39 is 11.9 Å². The van der Waals surface area contributed by atoms with Crippen molar-refractivity contribution in [2.24, 2.45) is 0 Å². The third kappa shape index (κ3) is 3.73. The first-order valence-electron chi connectivity index (χ1n) is 7.31. The number of nitrogens with zero attached hydrogens (tertiary/aromatic N) is 1. The van der Waals surface area contributed by atoms with Crippen LogP contribution in [0.15, 0.2) is 40.2 Å². The van der Waals surface area contributed by atoms with Gasteiger partial charge in [-0.25, -0.2) is 10.3 Å². The van der Waals surface area contributed by atoms with E-state index in [-0.39, 0.29) is 18.2 Å². The quantitative estimate of drug-likeness (QED) is 0.567. The number of carbonyl (C=O) groups is 3. The number of anilines is 1. The van der Waals surface area contributed by atoms with Gasteiger partial charge in [0.2, 0.25) is 5.91 Å². The Hall–Kier alpha value is -2.23. The molecule has 1 aliphatic heterocycles. The fourth-order valence-corrected chi connectivity index (χ4v) is 3.68. The summed E-state index contributed by atoms with van der Waals surface area (Å²) in [6, 6.07) is 9.24. The summed E-state index contributed by atoms with van der Waals surface area (Å²) < 4.78 is 5.89. The van der Waals surface area contributed by atoms with Gasteiger partial charge >= 0.3 is 0 Å². The van der Waals surface area contributed by atoms with Crippen molar-refractivity contribution in [1.82, 2.24) is 10.9 Å². The lowest BCUT2D eigenvalue weighted by Crippen LogP contribution is -2.48. The summed E-state index contributed by atoms with van der Waals surface area (Å²) in [5, 5.41) is 0. The van der Waals surface area contributed by atoms with E-state index in [2.05, 4.69) is 26.8 Å². The van der Waals surface area contributed by atoms with Gasteiger partial charge in [-0.3, -0.25) is 19.8 Å². The minimum atomic E-state index is -0.804. The lowest BCUT2D eigenvalue weighted by molar-refractivity contribution is -0.121. The van der Waals surface area contributed by atoms with Gasteiger partial charge in [-0.1, -0.05) is 0 Å². The molecule has 2 N–H and O–H groups in total. The molecular weight excluding hydrogens is 410 g/mol. The highest BCUT2D eigenvalue weighted by Crippen LogP contribution is 2.25. The number of hydrogen-bond acceptors (Lipinski definition) is 6. The molecule has 1 saturated heterocycles.